The van der Waals surface area contributed by atoms with Crippen LogP contribution in [-0.2, 0) is 19.0 Å². The van der Waals surface area contributed by atoms with Gasteiger partial charge in [-0.2, -0.15) is 0 Å². The van der Waals surface area contributed by atoms with Gasteiger partial charge in [0.25, 0.3) is 0 Å². The third kappa shape index (κ3) is 7.50. The number of hydrogen-bond donors (Lipinski definition) is 0. The zero-order chi connectivity index (χ0) is 17.8. The lowest BCUT2D eigenvalue weighted by Crippen LogP contribution is -2.47. The second-order valence-corrected chi connectivity index (χ2v) is 7.71. The van der Waals surface area contributed by atoms with Gasteiger partial charge in [-0.15, -0.1) is 0 Å². The Hall–Kier alpha value is -1.56. The second kappa shape index (κ2) is 7.34. The minimum absolute atomic E-state index is 0.330. The Bertz CT molecular complexity index is 470. The summed E-state index contributed by atoms with van der Waals surface area (Å²) in [6.07, 6.45) is 0.730. The summed E-state index contributed by atoms with van der Waals surface area (Å²) in [7, 11) is 0. The highest BCUT2D eigenvalue weighted by molar-refractivity contribution is 5.83. The zero-order valence-electron chi connectivity index (χ0n) is 15.3. The molecule has 0 aromatic rings. The van der Waals surface area contributed by atoms with E-state index < -0.39 is 17.2 Å². The number of rotatable bonds is 2. The molecule has 1 aliphatic rings. The van der Waals surface area contributed by atoms with Gasteiger partial charge in [0.15, 0.2) is 0 Å². The molecule has 1 unspecified atom stereocenters. The number of nitrogens with zero attached hydrogens (tertiary/aromatic N) is 1. The third-order valence-corrected chi connectivity index (χ3v) is 2.98. The van der Waals surface area contributed by atoms with Crippen molar-refractivity contribution in [3.05, 3.63) is 11.6 Å². The fourth-order valence-electron chi connectivity index (χ4n) is 2.03. The van der Waals surface area contributed by atoms with Crippen molar-refractivity contribution in [3.63, 3.8) is 0 Å². The second-order valence-electron chi connectivity index (χ2n) is 7.71. The molecule has 1 atom stereocenters. The topological polar surface area (TPSA) is 65.1 Å². The van der Waals surface area contributed by atoms with Crippen molar-refractivity contribution in [2.45, 2.75) is 65.8 Å². The van der Waals surface area contributed by atoms with E-state index in [4.69, 9.17) is 14.2 Å². The van der Waals surface area contributed by atoms with Crippen molar-refractivity contribution in [1.82, 2.24) is 4.90 Å². The van der Waals surface area contributed by atoms with Gasteiger partial charge in [0, 0.05) is 12.6 Å². The molecule has 23 heavy (non-hydrogen) atoms. The van der Waals surface area contributed by atoms with Crippen molar-refractivity contribution >= 4 is 12.1 Å². The third-order valence-electron chi connectivity index (χ3n) is 2.98. The summed E-state index contributed by atoms with van der Waals surface area (Å²) in [5, 5.41) is 0. The van der Waals surface area contributed by atoms with E-state index in [1.807, 2.05) is 41.5 Å². The lowest BCUT2D eigenvalue weighted by Gasteiger charge is -2.34. The number of carbonyl (C=O) groups excluding carboxylic acids is 2. The molecule has 0 radical (unpaired) electrons. The highest BCUT2D eigenvalue weighted by atomic mass is 16.6. The Labute approximate surface area is 138 Å². The lowest BCUT2D eigenvalue weighted by atomic mass is 10.1. The Balaban J connectivity index is 2.67. The van der Waals surface area contributed by atoms with Crippen LogP contribution in [0.15, 0.2) is 11.6 Å². The molecule has 0 bridgehead atoms. The van der Waals surface area contributed by atoms with E-state index in [1.54, 1.807) is 11.8 Å². The van der Waals surface area contributed by atoms with E-state index >= 15 is 0 Å². The molecule has 1 saturated heterocycles. The van der Waals surface area contributed by atoms with Crippen molar-refractivity contribution in [3.8, 4) is 0 Å². The van der Waals surface area contributed by atoms with Gasteiger partial charge >= 0.3 is 12.1 Å². The molecule has 1 fully saturated rings. The van der Waals surface area contributed by atoms with Crippen LogP contribution < -0.4 is 0 Å². The summed E-state index contributed by atoms with van der Waals surface area (Å²) >= 11 is 0. The summed E-state index contributed by atoms with van der Waals surface area (Å²) in [6.45, 7) is 14.0. The lowest BCUT2D eigenvalue weighted by molar-refractivity contribution is -0.148. The van der Waals surface area contributed by atoms with Crippen LogP contribution in [0.3, 0.4) is 0 Å². The number of hydrogen-bond acceptors (Lipinski definition) is 5. The summed E-state index contributed by atoms with van der Waals surface area (Å²) in [6, 6.07) is 0. The number of esters is 1. The number of morpholine rings is 1. The minimum atomic E-state index is -0.538. The van der Waals surface area contributed by atoms with Crippen LogP contribution in [0.4, 0.5) is 4.79 Å². The maximum absolute atomic E-state index is 12.1. The number of ether oxygens (including phenoxy) is 3. The van der Waals surface area contributed by atoms with Crippen LogP contribution in [0.1, 0.15) is 48.5 Å². The normalized spacial score (nSPS) is 20.2. The van der Waals surface area contributed by atoms with Crippen LogP contribution in [0, 0.1) is 0 Å². The molecule has 0 aromatic carbocycles. The van der Waals surface area contributed by atoms with E-state index in [0.29, 0.717) is 19.7 Å². The standard InChI is InChI=1S/C17H29NO5/c1-12(10-14(19)22-16(2,3)4)13-11-18(8-9-21-13)15(20)23-17(5,6)7/h10,13H,8-9,11H2,1-7H3/b12-10-. The van der Waals surface area contributed by atoms with Crippen molar-refractivity contribution in [2.24, 2.45) is 0 Å². The van der Waals surface area contributed by atoms with E-state index in [2.05, 4.69) is 0 Å². The molecule has 6 heteroatoms. The Kier molecular flexibility index (Phi) is 6.22. The molecule has 132 valence electrons. The van der Waals surface area contributed by atoms with E-state index in [9.17, 15) is 9.59 Å². The van der Waals surface area contributed by atoms with Gasteiger partial charge in [-0.1, -0.05) is 0 Å². The molecule has 1 heterocycles. The fourth-order valence-corrected chi connectivity index (χ4v) is 2.03. The van der Waals surface area contributed by atoms with Gasteiger partial charge in [-0.25, -0.2) is 9.59 Å². The predicted molar refractivity (Wildman–Crippen MR) is 87.1 cm³/mol. The summed E-state index contributed by atoms with van der Waals surface area (Å²) in [5.74, 6) is -0.409. The number of amides is 1. The van der Waals surface area contributed by atoms with Crippen LogP contribution >= 0.6 is 0 Å². The molecule has 0 N–H and O–H groups in total. The highest BCUT2D eigenvalue weighted by Gasteiger charge is 2.29. The Morgan fingerprint density at radius 3 is 2.17 bits per heavy atom. The van der Waals surface area contributed by atoms with Crippen LogP contribution in [-0.4, -0.2) is 54.0 Å². The largest absolute Gasteiger partial charge is 0.457 e. The van der Waals surface area contributed by atoms with Gasteiger partial charge in [0.1, 0.15) is 11.2 Å². The number of carbonyl (C=O) groups is 2. The Morgan fingerprint density at radius 1 is 1.09 bits per heavy atom. The van der Waals surface area contributed by atoms with Crippen LogP contribution in [0.5, 0.6) is 0 Å². The van der Waals surface area contributed by atoms with Crippen molar-refractivity contribution in [2.75, 3.05) is 19.7 Å². The average Bonchev–Trinajstić information content (AvgIpc) is 2.34. The maximum Gasteiger partial charge on any atom is 0.410 e. The van der Waals surface area contributed by atoms with Gasteiger partial charge in [0.2, 0.25) is 0 Å². The molecular weight excluding hydrogens is 298 g/mol. The molecular formula is C17H29NO5. The average molecular weight is 327 g/mol. The summed E-state index contributed by atoms with van der Waals surface area (Å²) < 4.78 is 16.3. The van der Waals surface area contributed by atoms with E-state index in [1.165, 1.54) is 6.08 Å². The molecule has 0 saturated carbocycles. The summed E-state index contributed by atoms with van der Waals surface area (Å²) in [4.78, 5) is 25.6. The first-order valence-electron chi connectivity index (χ1n) is 7.88. The molecule has 1 aliphatic heterocycles. The first-order chi connectivity index (χ1) is 10.4. The maximum atomic E-state index is 12.1. The molecule has 0 aromatic heterocycles. The first kappa shape index (κ1) is 19.5. The molecule has 1 amide bonds. The van der Waals surface area contributed by atoms with E-state index in [-0.39, 0.29) is 12.2 Å². The molecule has 0 aliphatic carbocycles. The highest BCUT2D eigenvalue weighted by Crippen LogP contribution is 2.17. The minimum Gasteiger partial charge on any atom is -0.457 e. The van der Waals surface area contributed by atoms with Gasteiger partial charge in [-0.3, -0.25) is 0 Å². The smallest absolute Gasteiger partial charge is 0.410 e. The van der Waals surface area contributed by atoms with Crippen LogP contribution in [0.2, 0.25) is 0 Å². The summed E-state index contributed by atoms with van der Waals surface area (Å²) in [5.41, 5.74) is -0.344. The van der Waals surface area contributed by atoms with Crippen molar-refractivity contribution in [1.29, 1.82) is 0 Å². The SMILES string of the molecule is C/C(=C/C(=O)OC(C)(C)C)C1CN(C(=O)OC(C)(C)C)CCO1. The Morgan fingerprint density at radius 2 is 1.65 bits per heavy atom. The molecule has 0 spiro atoms. The monoisotopic (exact) mass is 327 g/mol. The van der Waals surface area contributed by atoms with Gasteiger partial charge in [-0.05, 0) is 54.0 Å². The van der Waals surface area contributed by atoms with Gasteiger partial charge in [0.05, 0.1) is 19.3 Å². The molecule has 6 nitrogen and oxygen atoms in total. The van der Waals surface area contributed by atoms with E-state index in [0.717, 1.165) is 5.57 Å². The van der Waals surface area contributed by atoms with Crippen molar-refractivity contribution < 1.29 is 23.8 Å². The zero-order valence-corrected chi connectivity index (χ0v) is 15.3. The fraction of sp³-hybridized carbons (Fsp3) is 0.765. The van der Waals surface area contributed by atoms with Gasteiger partial charge < -0.3 is 19.1 Å². The predicted octanol–water partition coefficient (Wildman–Crippen LogP) is 2.91. The first-order valence-corrected chi connectivity index (χ1v) is 7.88. The quantitative estimate of drug-likeness (QED) is 0.576. The van der Waals surface area contributed by atoms with Crippen LogP contribution in [0.25, 0.3) is 0 Å². The molecule has 1 rings (SSSR count).